The minimum Gasteiger partial charge on any atom is -0.406 e. The molecule has 3 unspecified atom stereocenters. The quantitative estimate of drug-likeness (QED) is 0.811. The van der Waals surface area contributed by atoms with Gasteiger partial charge < -0.3 is 19.7 Å². The summed E-state index contributed by atoms with van der Waals surface area (Å²) in [6.07, 6.45) is 2.12. The van der Waals surface area contributed by atoms with Crippen LogP contribution in [0.15, 0.2) is 4.42 Å². The molecule has 0 radical (unpaired) electrons. The molecular formula is C13H24N4O2. The van der Waals surface area contributed by atoms with Gasteiger partial charge in [-0.25, -0.2) is 0 Å². The van der Waals surface area contributed by atoms with Crippen molar-refractivity contribution in [3.63, 3.8) is 0 Å². The third-order valence-corrected chi connectivity index (χ3v) is 3.82. The summed E-state index contributed by atoms with van der Waals surface area (Å²) >= 11 is 0. The van der Waals surface area contributed by atoms with Gasteiger partial charge in [0.2, 0.25) is 5.89 Å². The number of rotatable bonds is 6. The Balaban J connectivity index is 2.04. The molecule has 2 heterocycles. The predicted octanol–water partition coefficient (Wildman–Crippen LogP) is 1.34. The Morgan fingerprint density at radius 3 is 3.00 bits per heavy atom. The van der Waals surface area contributed by atoms with Crippen LogP contribution in [0.1, 0.15) is 45.5 Å². The first-order valence-corrected chi connectivity index (χ1v) is 7.11. The second kappa shape index (κ2) is 6.34. The van der Waals surface area contributed by atoms with Crippen molar-refractivity contribution in [3.8, 4) is 0 Å². The van der Waals surface area contributed by atoms with Crippen molar-refractivity contribution >= 4 is 6.01 Å². The van der Waals surface area contributed by atoms with Gasteiger partial charge in [-0.15, -0.1) is 5.10 Å². The van der Waals surface area contributed by atoms with E-state index >= 15 is 0 Å². The molecule has 1 aromatic rings. The van der Waals surface area contributed by atoms with Gasteiger partial charge in [-0.2, -0.15) is 0 Å². The molecule has 0 aliphatic carbocycles. The number of anilines is 1. The number of aliphatic hydroxyl groups is 1. The molecule has 1 aliphatic heterocycles. The molecule has 0 saturated carbocycles. The first-order chi connectivity index (χ1) is 9.17. The van der Waals surface area contributed by atoms with Crippen LogP contribution in [0, 0.1) is 5.92 Å². The fourth-order valence-corrected chi connectivity index (χ4v) is 2.49. The lowest BCUT2D eigenvalue weighted by molar-refractivity contribution is 0.241. The number of hydrogen-bond donors (Lipinski definition) is 2. The van der Waals surface area contributed by atoms with Crippen LogP contribution in [-0.2, 0) is 0 Å². The summed E-state index contributed by atoms with van der Waals surface area (Å²) in [5, 5.41) is 21.0. The molecule has 1 aromatic heterocycles. The fraction of sp³-hybridized carbons (Fsp3) is 0.846. The Morgan fingerprint density at radius 1 is 1.53 bits per heavy atom. The fourth-order valence-electron chi connectivity index (χ4n) is 2.49. The van der Waals surface area contributed by atoms with E-state index < -0.39 is 0 Å². The maximum atomic E-state index is 9.46. The highest BCUT2D eigenvalue weighted by Gasteiger charge is 2.34. The smallest absolute Gasteiger partial charge is 0.318 e. The maximum Gasteiger partial charge on any atom is 0.318 e. The summed E-state index contributed by atoms with van der Waals surface area (Å²) in [5.74, 6) is 1.07. The Hall–Kier alpha value is -1.14. The first kappa shape index (κ1) is 14.3. The molecule has 3 atom stereocenters. The van der Waals surface area contributed by atoms with Gasteiger partial charge in [0.1, 0.15) is 0 Å². The molecular weight excluding hydrogens is 244 g/mol. The normalized spacial score (nSPS) is 24.9. The van der Waals surface area contributed by atoms with E-state index in [0.717, 1.165) is 25.9 Å². The highest BCUT2D eigenvalue weighted by atomic mass is 16.4. The highest BCUT2D eigenvalue weighted by molar-refractivity contribution is 5.29. The second-order valence-electron chi connectivity index (χ2n) is 5.31. The monoisotopic (exact) mass is 268 g/mol. The van der Waals surface area contributed by atoms with Crippen LogP contribution in [0.4, 0.5) is 6.01 Å². The minimum atomic E-state index is 0.0637. The van der Waals surface area contributed by atoms with Crippen LogP contribution < -0.4 is 10.2 Å². The molecule has 0 bridgehead atoms. The molecule has 19 heavy (non-hydrogen) atoms. The molecule has 0 aromatic carbocycles. The zero-order chi connectivity index (χ0) is 13.8. The van der Waals surface area contributed by atoms with Crippen molar-refractivity contribution in [1.29, 1.82) is 0 Å². The molecule has 2 N–H and O–H groups in total. The number of aromatic nitrogens is 2. The molecule has 0 amide bonds. The summed E-state index contributed by atoms with van der Waals surface area (Å²) in [5.41, 5.74) is 0. The Kier molecular flexibility index (Phi) is 4.76. The average molecular weight is 268 g/mol. The van der Waals surface area contributed by atoms with Crippen LogP contribution in [-0.4, -0.2) is 41.0 Å². The number of aliphatic hydroxyl groups excluding tert-OH is 1. The van der Waals surface area contributed by atoms with E-state index in [2.05, 4.69) is 29.4 Å². The second-order valence-corrected chi connectivity index (χ2v) is 5.31. The Bertz CT molecular complexity index is 396. The van der Waals surface area contributed by atoms with Crippen molar-refractivity contribution < 1.29 is 9.52 Å². The summed E-state index contributed by atoms with van der Waals surface area (Å²) in [4.78, 5) is 2.02. The van der Waals surface area contributed by atoms with Crippen molar-refractivity contribution in [2.75, 3.05) is 24.6 Å². The SMILES string of the molecule is CCCNC(C)c1nnc(N2CCC(C)C2CO)o1. The van der Waals surface area contributed by atoms with Crippen LogP contribution in [0.25, 0.3) is 0 Å². The lowest BCUT2D eigenvalue weighted by atomic mass is 10.0. The van der Waals surface area contributed by atoms with Crippen LogP contribution in [0.2, 0.25) is 0 Å². The maximum absolute atomic E-state index is 9.46. The summed E-state index contributed by atoms with van der Waals surface area (Å²) in [6.45, 7) is 8.20. The van der Waals surface area contributed by atoms with Crippen LogP contribution >= 0.6 is 0 Å². The number of hydrogen-bond acceptors (Lipinski definition) is 6. The first-order valence-electron chi connectivity index (χ1n) is 7.11. The minimum absolute atomic E-state index is 0.0637. The number of nitrogens with one attached hydrogen (secondary N) is 1. The van der Waals surface area contributed by atoms with Crippen molar-refractivity contribution in [1.82, 2.24) is 15.5 Å². The summed E-state index contributed by atoms with van der Waals surface area (Å²) in [6, 6.07) is 0.685. The van der Waals surface area contributed by atoms with Gasteiger partial charge >= 0.3 is 6.01 Å². The zero-order valence-electron chi connectivity index (χ0n) is 12.0. The van der Waals surface area contributed by atoms with E-state index in [9.17, 15) is 5.11 Å². The van der Waals surface area contributed by atoms with Gasteiger partial charge in [0.05, 0.1) is 18.7 Å². The third-order valence-electron chi connectivity index (χ3n) is 3.82. The van der Waals surface area contributed by atoms with Gasteiger partial charge in [0.15, 0.2) is 0 Å². The standard InChI is InChI=1S/C13H24N4O2/c1-4-6-14-10(3)12-15-16-13(19-12)17-7-5-9(2)11(17)8-18/h9-11,14,18H,4-8H2,1-3H3. The molecule has 1 aliphatic rings. The Labute approximate surface area is 114 Å². The van der Waals surface area contributed by atoms with Gasteiger partial charge in [0.25, 0.3) is 0 Å². The van der Waals surface area contributed by atoms with E-state index in [4.69, 9.17) is 4.42 Å². The van der Waals surface area contributed by atoms with E-state index in [1.165, 1.54) is 0 Å². The van der Waals surface area contributed by atoms with Crippen LogP contribution in [0.5, 0.6) is 0 Å². The third kappa shape index (κ3) is 3.06. The van der Waals surface area contributed by atoms with Crippen LogP contribution in [0.3, 0.4) is 0 Å². The lowest BCUT2D eigenvalue weighted by Gasteiger charge is -2.22. The molecule has 0 spiro atoms. The van der Waals surface area contributed by atoms with Gasteiger partial charge in [0, 0.05) is 6.54 Å². The molecule has 6 heteroatoms. The zero-order valence-corrected chi connectivity index (χ0v) is 12.0. The van der Waals surface area contributed by atoms with E-state index in [-0.39, 0.29) is 18.7 Å². The molecule has 108 valence electrons. The van der Waals surface area contributed by atoms with E-state index in [1.54, 1.807) is 0 Å². The van der Waals surface area contributed by atoms with Crippen molar-refractivity contribution in [3.05, 3.63) is 5.89 Å². The highest BCUT2D eigenvalue weighted by Crippen LogP contribution is 2.29. The lowest BCUT2D eigenvalue weighted by Crippen LogP contribution is -2.35. The van der Waals surface area contributed by atoms with Crippen molar-refractivity contribution in [2.45, 2.75) is 45.7 Å². The van der Waals surface area contributed by atoms with Gasteiger partial charge in [-0.3, -0.25) is 0 Å². The van der Waals surface area contributed by atoms with E-state index in [1.807, 2.05) is 11.8 Å². The Morgan fingerprint density at radius 2 is 2.32 bits per heavy atom. The molecule has 1 saturated heterocycles. The number of nitrogens with zero attached hydrogens (tertiary/aromatic N) is 3. The largest absolute Gasteiger partial charge is 0.406 e. The average Bonchev–Trinajstić information content (AvgIpc) is 3.01. The van der Waals surface area contributed by atoms with Crippen molar-refractivity contribution in [2.24, 2.45) is 5.92 Å². The summed E-state index contributed by atoms with van der Waals surface area (Å²) in [7, 11) is 0. The van der Waals surface area contributed by atoms with E-state index in [0.29, 0.717) is 17.8 Å². The van der Waals surface area contributed by atoms with Gasteiger partial charge in [-0.1, -0.05) is 18.9 Å². The molecule has 2 rings (SSSR count). The molecule has 1 fully saturated rings. The topological polar surface area (TPSA) is 74.4 Å². The summed E-state index contributed by atoms with van der Waals surface area (Å²) < 4.78 is 5.74. The predicted molar refractivity (Wildman–Crippen MR) is 73.0 cm³/mol. The molecule has 6 nitrogen and oxygen atoms in total. The van der Waals surface area contributed by atoms with Gasteiger partial charge in [-0.05, 0) is 32.2 Å².